The predicted molar refractivity (Wildman–Crippen MR) is 83.6 cm³/mol. The number of hydrogen-bond donors (Lipinski definition) is 1. The molecule has 0 unspecified atom stereocenters. The minimum Gasteiger partial charge on any atom is -0.326 e. The second-order valence-electron chi connectivity index (χ2n) is 5.73. The highest BCUT2D eigenvalue weighted by atomic mass is 15.2. The van der Waals surface area contributed by atoms with Crippen molar-refractivity contribution in [2.45, 2.75) is 52.0 Å². The van der Waals surface area contributed by atoms with Gasteiger partial charge < -0.3 is 9.88 Å². The van der Waals surface area contributed by atoms with Crippen LogP contribution in [0.5, 0.6) is 0 Å². The fourth-order valence-electron chi connectivity index (χ4n) is 3.07. The summed E-state index contributed by atoms with van der Waals surface area (Å²) in [5, 5.41) is 3.50. The SMILES string of the molecule is CCc1cccc(Nc2nc(C)cn2C2CCCC2)c1. The van der Waals surface area contributed by atoms with Crippen LogP contribution >= 0.6 is 0 Å². The molecular weight excluding hydrogens is 246 g/mol. The molecule has 1 aliphatic carbocycles. The van der Waals surface area contributed by atoms with E-state index in [-0.39, 0.29) is 0 Å². The van der Waals surface area contributed by atoms with Crippen molar-refractivity contribution in [3.8, 4) is 0 Å². The Hall–Kier alpha value is -1.77. The topological polar surface area (TPSA) is 29.9 Å². The first-order valence-corrected chi connectivity index (χ1v) is 7.67. The van der Waals surface area contributed by atoms with Crippen LogP contribution in [0.25, 0.3) is 0 Å². The maximum absolute atomic E-state index is 4.66. The summed E-state index contributed by atoms with van der Waals surface area (Å²) in [5.74, 6) is 0.989. The average molecular weight is 269 g/mol. The molecule has 0 bridgehead atoms. The highest BCUT2D eigenvalue weighted by molar-refractivity contribution is 5.55. The Labute approximate surface area is 121 Å². The van der Waals surface area contributed by atoms with E-state index in [2.05, 4.69) is 59.2 Å². The number of nitrogens with one attached hydrogen (secondary N) is 1. The summed E-state index contributed by atoms with van der Waals surface area (Å²) in [6.07, 6.45) is 8.48. The molecule has 0 amide bonds. The molecule has 1 aliphatic rings. The van der Waals surface area contributed by atoms with Gasteiger partial charge in [0.15, 0.2) is 0 Å². The molecule has 1 aromatic carbocycles. The molecule has 0 radical (unpaired) electrons. The van der Waals surface area contributed by atoms with Crippen LogP contribution in [-0.2, 0) is 6.42 Å². The summed E-state index contributed by atoms with van der Waals surface area (Å²) in [4.78, 5) is 4.66. The molecule has 1 heterocycles. The summed E-state index contributed by atoms with van der Waals surface area (Å²) >= 11 is 0. The van der Waals surface area contributed by atoms with Crippen LogP contribution in [0.2, 0.25) is 0 Å². The Kier molecular flexibility index (Phi) is 3.77. The van der Waals surface area contributed by atoms with E-state index < -0.39 is 0 Å². The van der Waals surface area contributed by atoms with Gasteiger partial charge >= 0.3 is 0 Å². The van der Waals surface area contributed by atoms with E-state index in [1.807, 2.05) is 0 Å². The average Bonchev–Trinajstić information content (AvgIpc) is 3.08. The van der Waals surface area contributed by atoms with Gasteiger partial charge in [-0.2, -0.15) is 0 Å². The first kappa shape index (κ1) is 13.2. The van der Waals surface area contributed by atoms with E-state index >= 15 is 0 Å². The van der Waals surface area contributed by atoms with Crippen LogP contribution in [0.1, 0.15) is 49.9 Å². The number of hydrogen-bond acceptors (Lipinski definition) is 2. The third-order valence-electron chi connectivity index (χ3n) is 4.16. The lowest BCUT2D eigenvalue weighted by Crippen LogP contribution is -2.08. The van der Waals surface area contributed by atoms with Gasteiger partial charge in [0.1, 0.15) is 0 Å². The lowest BCUT2D eigenvalue weighted by atomic mass is 10.1. The molecule has 20 heavy (non-hydrogen) atoms. The smallest absolute Gasteiger partial charge is 0.207 e. The molecule has 0 atom stereocenters. The van der Waals surface area contributed by atoms with E-state index in [0.717, 1.165) is 23.8 Å². The van der Waals surface area contributed by atoms with Crippen molar-refractivity contribution in [2.24, 2.45) is 0 Å². The van der Waals surface area contributed by atoms with Gasteiger partial charge in [-0.05, 0) is 43.9 Å². The van der Waals surface area contributed by atoms with Crippen molar-refractivity contribution in [3.05, 3.63) is 41.7 Å². The maximum atomic E-state index is 4.66. The molecule has 3 nitrogen and oxygen atoms in total. The molecule has 1 N–H and O–H groups in total. The van der Waals surface area contributed by atoms with Crippen LogP contribution in [0.3, 0.4) is 0 Å². The summed E-state index contributed by atoms with van der Waals surface area (Å²) in [7, 11) is 0. The molecule has 0 saturated heterocycles. The van der Waals surface area contributed by atoms with Gasteiger partial charge in [0.05, 0.1) is 5.69 Å². The van der Waals surface area contributed by atoms with Gasteiger partial charge in [0.25, 0.3) is 0 Å². The molecule has 1 saturated carbocycles. The van der Waals surface area contributed by atoms with Crippen molar-refractivity contribution in [3.63, 3.8) is 0 Å². The number of aromatic nitrogens is 2. The molecule has 106 valence electrons. The van der Waals surface area contributed by atoms with Crippen molar-refractivity contribution < 1.29 is 0 Å². The summed E-state index contributed by atoms with van der Waals surface area (Å²) < 4.78 is 2.33. The van der Waals surface area contributed by atoms with Gasteiger partial charge in [0, 0.05) is 17.9 Å². The summed E-state index contributed by atoms with van der Waals surface area (Å²) in [6, 6.07) is 9.22. The maximum Gasteiger partial charge on any atom is 0.207 e. The second kappa shape index (κ2) is 5.70. The molecule has 1 fully saturated rings. The van der Waals surface area contributed by atoms with Crippen molar-refractivity contribution in [2.75, 3.05) is 5.32 Å². The quantitative estimate of drug-likeness (QED) is 0.878. The standard InChI is InChI=1S/C17H23N3/c1-3-14-7-6-8-15(11-14)19-17-18-13(2)12-20(17)16-9-4-5-10-16/h6-8,11-12,16H,3-5,9-10H2,1-2H3,(H,18,19). The Bertz CT molecular complexity index is 580. The van der Waals surface area contributed by atoms with Gasteiger partial charge in [-0.3, -0.25) is 0 Å². The second-order valence-corrected chi connectivity index (χ2v) is 5.73. The third kappa shape index (κ3) is 2.72. The molecule has 0 aliphatic heterocycles. The van der Waals surface area contributed by atoms with E-state index in [1.165, 1.54) is 31.2 Å². The monoisotopic (exact) mass is 269 g/mol. The normalized spacial score (nSPS) is 15.7. The lowest BCUT2D eigenvalue weighted by Gasteiger charge is -2.16. The van der Waals surface area contributed by atoms with E-state index in [0.29, 0.717) is 6.04 Å². The number of nitrogens with zero attached hydrogens (tertiary/aromatic N) is 2. The molecule has 3 heteroatoms. The van der Waals surface area contributed by atoms with Gasteiger partial charge in [-0.15, -0.1) is 0 Å². The minimum absolute atomic E-state index is 0.619. The Morgan fingerprint density at radius 2 is 2.10 bits per heavy atom. The van der Waals surface area contributed by atoms with E-state index in [4.69, 9.17) is 0 Å². The van der Waals surface area contributed by atoms with Crippen LogP contribution in [0, 0.1) is 6.92 Å². The minimum atomic E-state index is 0.619. The van der Waals surface area contributed by atoms with Crippen molar-refractivity contribution >= 4 is 11.6 Å². The van der Waals surface area contributed by atoms with Crippen molar-refractivity contribution in [1.82, 2.24) is 9.55 Å². The molecular formula is C17H23N3. The Balaban J connectivity index is 1.86. The molecule has 0 spiro atoms. The van der Waals surface area contributed by atoms with Crippen LogP contribution in [-0.4, -0.2) is 9.55 Å². The van der Waals surface area contributed by atoms with E-state index in [1.54, 1.807) is 0 Å². The number of rotatable bonds is 4. The van der Waals surface area contributed by atoms with Gasteiger partial charge in [-0.25, -0.2) is 4.98 Å². The number of anilines is 2. The zero-order valence-corrected chi connectivity index (χ0v) is 12.4. The third-order valence-corrected chi connectivity index (χ3v) is 4.16. The molecule has 1 aromatic heterocycles. The zero-order valence-electron chi connectivity index (χ0n) is 12.4. The fraction of sp³-hybridized carbons (Fsp3) is 0.471. The Morgan fingerprint density at radius 3 is 2.85 bits per heavy atom. The predicted octanol–water partition coefficient (Wildman–Crippen LogP) is 4.61. The number of imidazole rings is 1. The largest absolute Gasteiger partial charge is 0.326 e. The van der Waals surface area contributed by atoms with Crippen LogP contribution in [0.15, 0.2) is 30.5 Å². The summed E-state index contributed by atoms with van der Waals surface area (Å²) in [5.41, 5.74) is 3.57. The van der Waals surface area contributed by atoms with Crippen LogP contribution < -0.4 is 5.32 Å². The highest BCUT2D eigenvalue weighted by Crippen LogP contribution is 2.32. The fourth-order valence-corrected chi connectivity index (χ4v) is 3.07. The summed E-state index contributed by atoms with van der Waals surface area (Å²) in [6.45, 7) is 4.25. The molecule has 2 aromatic rings. The highest BCUT2D eigenvalue weighted by Gasteiger charge is 2.20. The number of benzene rings is 1. The lowest BCUT2D eigenvalue weighted by molar-refractivity contribution is 0.524. The van der Waals surface area contributed by atoms with Crippen molar-refractivity contribution in [1.29, 1.82) is 0 Å². The van der Waals surface area contributed by atoms with Gasteiger partial charge in [0.2, 0.25) is 5.95 Å². The van der Waals surface area contributed by atoms with Crippen LogP contribution in [0.4, 0.5) is 11.6 Å². The number of aryl methyl sites for hydroxylation is 2. The van der Waals surface area contributed by atoms with E-state index in [9.17, 15) is 0 Å². The first-order chi connectivity index (χ1) is 9.76. The first-order valence-electron chi connectivity index (χ1n) is 7.67. The molecule has 3 rings (SSSR count). The zero-order chi connectivity index (χ0) is 13.9. The Morgan fingerprint density at radius 1 is 1.30 bits per heavy atom. The van der Waals surface area contributed by atoms with Gasteiger partial charge in [-0.1, -0.05) is 31.9 Å².